The molecule has 19 heavy (non-hydrogen) atoms. The number of rotatable bonds is 3. The van der Waals surface area contributed by atoms with Crippen LogP contribution in [0.25, 0.3) is 0 Å². The van der Waals surface area contributed by atoms with Gasteiger partial charge in [0.15, 0.2) is 0 Å². The SMILES string of the molecule is CN(CC1CCCC1O)C(=O)c1ccc(F)cc1Br. The van der Waals surface area contributed by atoms with Gasteiger partial charge in [-0.3, -0.25) is 4.79 Å². The Kier molecular flexibility index (Phi) is 4.58. The third-order valence-electron chi connectivity index (χ3n) is 3.64. The second kappa shape index (κ2) is 6.01. The first-order valence-electron chi connectivity index (χ1n) is 6.37. The van der Waals surface area contributed by atoms with E-state index in [1.54, 1.807) is 11.9 Å². The normalized spacial score (nSPS) is 22.5. The highest BCUT2D eigenvalue weighted by molar-refractivity contribution is 9.10. The van der Waals surface area contributed by atoms with Crippen LogP contribution in [0.2, 0.25) is 0 Å². The van der Waals surface area contributed by atoms with Crippen LogP contribution in [0.3, 0.4) is 0 Å². The number of benzene rings is 1. The van der Waals surface area contributed by atoms with E-state index < -0.39 is 0 Å². The fourth-order valence-electron chi connectivity index (χ4n) is 2.53. The minimum absolute atomic E-state index is 0.146. The smallest absolute Gasteiger partial charge is 0.254 e. The molecule has 1 aromatic rings. The Hall–Kier alpha value is -0.940. The zero-order valence-electron chi connectivity index (χ0n) is 10.8. The molecule has 0 aliphatic heterocycles. The molecule has 2 unspecified atom stereocenters. The van der Waals surface area contributed by atoms with Gasteiger partial charge in [-0.2, -0.15) is 0 Å². The fraction of sp³-hybridized carbons (Fsp3) is 0.500. The van der Waals surface area contributed by atoms with Crippen LogP contribution in [0.5, 0.6) is 0 Å². The standard InChI is InChI=1S/C14H17BrFNO2/c1-17(8-9-3-2-4-13(9)18)14(19)11-6-5-10(16)7-12(11)15/h5-7,9,13,18H,2-4,8H2,1H3. The van der Waals surface area contributed by atoms with Crippen LogP contribution in [0.4, 0.5) is 4.39 Å². The Balaban J connectivity index is 2.06. The molecule has 1 saturated carbocycles. The van der Waals surface area contributed by atoms with Crippen molar-refractivity contribution in [3.63, 3.8) is 0 Å². The van der Waals surface area contributed by atoms with Gasteiger partial charge < -0.3 is 10.0 Å². The average molecular weight is 330 g/mol. The molecule has 1 amide bonds. The summed E-state index contributed by atoms with van der Waals surface area (Å²) < 4.78 is 13.5. The van der Waals surface area contributed by atoms with E-state index in [2.05, 4.69) is 15.9 Å². The van der Waals surface area contributed by atoms with Gasteiger partial charge in [-0.25, -0.2) is 4.39 Å². The van der Waals surface area contributed by atoms with Crippen LogP contribution >= 0.6 is 15.9 Å². The lowest BCUT2D eigenvalue weighted by Gasteiger charge is -2.23. The lowest BCUT2D eigenvalue weighted by Crippen LogP contribution is -2.34. The first-order valence-corrected chi connectivity index (χ1v) is 7.17. The fourth-order valence-corrected chi connectivity index (χ4v) is 3.05. The van der Waals surface area contributed by atoms with Crippen molar-refractivity contribution < 1.29 is 14.3 Å². The number of hydrogen-bond acceptors (Lipinski definition) is 2. The summed E-state index contributed by atoms with van der Waals surface area (Å²) in [6.45, 7) is 0.532. The number of nitrogens with zero attached hydrogens (tertiary/aromatic N) is 1. The molecular formula is C14H17BrFNO2. The maximum atomic E-state index is 13.0. The van der Waals surface area contributed by atoms with Crippen molar-refractivity contribution in [1.29, 1.82) is 0 Å². The first-order chi connectivity index (χ1) is 8.99. The van der Waals surface area contributed by atoms with Crippen LogP contribution in [0.15, 0.2) is 22.7 Å². The Morgan fingerprint density at radius 2 is 2.26 bits per heavy atom. The average Bonchev–Trinajstić information content (AvgIpc) is 2.74. The predicted molar refractivity (Wildman–Crippen MR) is 74.4 cm³/mol. The van der Waals surface area contributed by atoms with Crippen molar-refractivity contribution in [2.24, 2.45) is 5.92 Å². The molecule has 0 bridgehead atoms. The van der Waals surface area contributed by atoms with E-state index in [0.717, 1.165) is 19.3 Å². The van der Waals surface area contributed by atoms with Gasteiger partial charge >= 0.3 is 0 Å². The second-order valence-electron chi connectivity index (χ2n) is 5.07. The molecule has 2 atom stereocenters. The molecule has 1 fully saturated rings. The van der Waals surface area contributed by atoms with E-state index >= 15 is 0 Å². The van der Waals surface area contributed by atoms with Crippen LogP contribution in [-0.4, -0.2) is 35.6 Å². The predicted octanol–water partition coefficient (Wildman–Crippen LogP) is 2.82. The van der Waals surface area contributed by atoms with Crippen LogP contribution < -0.4 is 0 Å². The molecule has 2 rings (SSSR count). The van der Waals surface area contributed by atoms with Gasteiger partial charge in [0.25, 0.3) is 5.91 Å². The minimum atomic E-state index is -0.378. The van der Waals surface area contributed by atoms with Crippen molar-refractivity contribution in [3.05, 3.63) is 34.1 Å². The lowest BCUT2D eigenvalue weighted by atomic mass is 10.1. The molecule has 3 nitrogen and oxygen atoms in total. The number of hydrogen-bond donors (Lipinski definition) is 1. The highest BCUT2D eigenvalue weighted by atomic mass is 79.9. The van der Waals surface area contributed by atoms with E-state index in [1.165, 1.54) is 18.2 Å². The quantitative estimate of drug-likeness (QED) is 0.926. The molecule has 0 radical (unpaired) electrons. The molecule has 0 heterocycles. The Labute approximate surface area is 120 Å². The van der Waals surface area contributed by atoms with Crippen LogP contribution in [0.1, 0.15) is 29.6 Å². The maximum absolute atomic E-state index is 13.0. The molecule has 104 valence electrons. The van der Waals surface area contributed by atoms with E-state index in [0.29, 0.717) is 16.6 Å². The largest absolute Gasteiger partial charge is 0.393 e. The monoisotopic (exact) mass is 329 g/mol. The number of carbonyl (C=O) groups is 1. The van der Waals surface area contributed by atoms with Gasteiger partial charge in [-0.05, 0) is 47.0 Å². The van der Waals surface area contributed by atoms with E-state index in [1.807, 2.05) is 0 Å². The van der Waals surface area contributed by atoms with Crippen molar-refractivity contribution in [2.45, 2.75) is 25.4 Å². The van der Waals surface area contributed by atoms with Gasteiger partial charge in [-0.15, -0.1) is 0 Å². The zero-order chi connectivity index (χ0) is 14.0. The van der Waals surface area contributed by atoms with Gasteiger partial charge in [0, 0.05) is 24.0 Å². The van der Waals surface area contributed by atoms with Crippen LogP contribution in [0, 0.1) is 11.7 Å². The molecular weight excluding hydrogens is 313 g/mol. The van der Waals surface area contributed by atoms with Gasteiger partial charge in [0.1, 0.15) is 5.82 Å². The molecule has 0 aromatic heterocycles. The summed E-state index contributed by atoms with van der Waals surface area (Å²) in [5.74, 6) is -0.392. The molecule has 1 aromatic carbocycles. The number of carbonyl (C=O) groups excluding carboxylic acids is 1. The molecule has 0 spiro atoms. The lowest BCUT2D eigenvalue weighted by molar-refractivity contribution is 0.0692. The summed E-state index contributed by atoms with van der Waals surface area (Å²) in [5.41, 5.74) is 0.441. The van der Waals surface area contributed by atoms with Crippen molar-refractivity contribution >= 4 is 21.8 Å². The van der Waals surface area contributed by atoms with E-state index in [9.17, 15) is 14.3 Å². The number of halogens is 2. The van der Waals surface area contributed by atoms with Gasteiger partial charge in [0.05, 0.1) is 11.7 Å². The highest BCUT2D eigenvalue weighted by Crippen LogP contribution is 2.27. The summed E-state index contributed by atoms with van der Waals surface area (Å²) in [7, 11) is 1.71. The Bertz CT molecular complexity index is 481. The first kappa shape index (κ1) is 14.5. The van der Waals surface area contributed by atoms with Crippen molar-refractivity contribution in [1.82, 2.24) is 4.90 Å². The summed E-state index contributed by atoms with van der Waals surface area (Å²) >= 11 is 3.20. The molecule has 1 aliphatic rings. The number of amides is 1. The third kappa shape index (κ3) is 3.34. The van der Waals surface area contributed by atoms with Crippen molar-refractivity contribution in [2.75, 3.05) is 13.6 Å². The maximum Gasteiger partial charge on any atom is 0.254 e. The third-order valence-corrected chi connectivity index (χ3v) is 4.29. The number of aliphatic hydroxyl groups is 1. The topological polar surface area (TPSA) is 40.5 Å². The molecule has 5 heteroatoms. The van der Waals surface area contributed by atoms with Crippen molar-refractivity contribution in [3.8, 4) is 0 Å². The second-order valence-corrected chi connectivity index (χ2v) is 5.92. The summed E-state index contributed by atoms with van der Waals surface area (Å²) in [6, 6.07) is 4.03. The zero-order valence-corrected chi connectivity index (χ0v) is 12.4. The Morgan fingerprint density at radius 3 is 2.84 bits per heavy atom. The van der Waals surface area contributed by atoms with Crippen LogP contribution in [-0.2, 0) is 0 Å². The molecule has 0 saturated heterocycles. The number of aliphatic hydroxyl groups excluding tert-OH is 1. The Morgan fingerprint density at radius 1 is 1.53 bits per heavy atom. The molecule has 1 N–H and O–H groups in total. The minimum Gasteiger partial charge on any atom is -0.393 e. The summed E-state index contributed by atoms with van der Waals surface area (Å²) in [6.07, 6.45) is 2.46. The summed E-state index contributed by atoms with van der Waals surface area (Å²) in [4.78, 5) is 13.9. The summed E-state index contributed by atoms with van der Waals surface area (Å²) in [5, 5.41) is 9.78. The van der Waals surface area contributed by atoms with Gasteiger partial charge in [-0.1, -0.05) is 6.42 Å². The van der Waals surface area contributed by atoms with E-state index in [-0.39, 0.29) is 23.7 Å². The van der Waals surface area contributed by atoms with E-state index in [4.69, 9.17) is 0 Å². The highest BCUT2D eigenvalue weighted by Gasteiger charge is 2.28. The molecule has 1 aliphatic carbocycles. The van der Waals surface area contributed by atoms with Gasteiger partial charge in [0.2, 0.25) is 0 Å².